The fourth-order valence-corrected chi connectivity index (χ4v) is 4.23. The molecule has 0 fully saturated rings. The predicted molar refractivity (Wildman–Crippen MR) is 139 cm³/mol. The zero-order valence-corrected chi connectivity index (χ0v) is 19.6. The van der Waals surface area contributed by atoms with E-state index in [9.17, 15) is 4.79 Å². The number of nitrogens with zero attached hydrogens (tertiary/aromatic N) is 4. The van der Waals surface area contributed by atoms with Crippen LogP contribution in [0.3, 0.4) is 0 Å². The van der Waals surface area contributed by atoms with E-state index in [4.69, 9.17) is 0 Å². The summed E-state index contributed by atoms with van der Waals surface area (Å²) >= 11 is 0. The third kappa shape index (κ3) is 4.10. The Morgan fingerprint density at radius 2 is 1.53 bits per heavy atom. The van der Waals surface area contributed by atoms with Crippen molar-refractivity contribution in [3.63, 3.8) is 0 Å². The van der Waals surface area contributed by atoms with Crippen LogP contribution >= 0.6 is 0 Å². The summed E-state index contributed by atoms with van der Waals surface area (Å²) in [4.78, 5) is 16.9. The minimum absolute atomic E-state index is 0.146. The number of carbonyl (C=O) groups is 1. The van der Waals surface area contributed by atoms with Gasteiger partial charge < -0.3 is 10.2 Å². The van der Waals surface area contributed by atoms with Crippen molar-refractivity contribution < 1.29 is 4.79 Å². The van der Waals surface area contributed by atoms with Crippen LogP contribution in [0, 0.1) is 6.92 Å². The van der Waals surface area contributed by atoms with Crippen LogP contribution in [0.2, 0.25) is 0 Å². The van der Waals surface area contributed by atoms with Crippen molar-refractivity contribution in [2.45, 2.75) is 20.8 Å². The molecule has 1 heterocycles. The van der Waals surface area contributed by atoms with Crippen molar-refractivity contribution in [2.24, 2.45) is 0 Å². The summed E-state index contributed by atoms with van der Waals surface area (Å²) in [6.45, 7) is 8.20. The maximum Gasteiger partial charge on any atom is 0.255 e. The van der Waals surface area contributed by atoms with E-state index in [0.29, 0.717) is 5.56 Å². The Labute approximate surface area is 198 Å². The Kier molecular flexibility index (Phi) is 5.72. The monoisotopic (exact) mass is 449 g/mol. The van der Waals surface area contributed by atoms with Gasteiger partial charge in [-0.15, -0.1) is 10.2 Å². The fourth-order valence-electron chi connectivity index (χ4n) is 4.23. The Balaban J connectivity index is 1.41. The minimum Gasteiger partial charge on any atom is -0.372 e. The third-order valence-corrected chi connectivity index (χ3v) is 6.20. The molecule has 6 nitrogen and oxygen atoms in total. The Morgan fingerprint density at radius 3 is 2.24 bits per heavy atom. The molecule has 0 aliphatic heterocycles. The van der Waals surface area contributed by atoms with E-state index in [1.807, 2.05) is 73.7 Å². The molecule has 5 aromatic rings. The van der Waals surface area contributed by atoms with Gasteiger partial charge in [-0.3, -0.25) is 4.79 Å². The molecule has 0 saturated heterocycles. The lowest BCUT2D eigenvalue weighted by Crippen LogP contribution is -2.21. The lowest BCUT2D eigenvalue weighted by atomic mass is 10.1. The standard InChI is InChI=1S/C28H27N5O/c1-4-32(5-2)23-12-14-24(15-13-23)33-30-26-16-19(3)25(18-27(26)31-33)29-28(34)22-11-10-20-8-6-7-9-21(20)17-22/h6-18H,4-5H2,1-3H3,(H,29,34). The van der Waals surface area contributed by atoms with Crippen LogP contribution < -0.4 is 10.2 Å². The van der Waals surface area contributed by atoms with Gasteiger partial charge in [0.05, 0.1) is 5.69 Å². The van der Waals surface area contributed by atoms with Crippen molar-refractivity contribution in [2.75, 3.05) is 23.3 Å². The van der Waals surface area contributed by atoms with Crippen LogP contribution in [-0.2, 0) is 0 Å². The molecule has 1 aromatic heterocycles. The summed E-state index contributed by atoms with van der Waals surface area (Å²) in [7, 11) is 0. The molecule has 0 bridgehead atoms. The number of aryl methyl sites for hydroxylation is 1. The highest BCUT2D eigenvalue weighted by Crippen LogP contribution is 2.24. The SMILES string of the molecule is CCN(CC)c1ccc(-n2nc3cc(C)c(NC(=O)c4ccc5ccccc5c4)cc3n2)cc1. The maximum absolute atomic E-state index is 13.0. The number of nitrogens with one attached hydrogen (secondary N) is 1. The lowest BCUT2D eigenvalue weighted by Gasteiger charge is -2.20. The second-order valence-electron chi connectivity index (χ2n) is 8.35. The van der Waals surface area contributed by atoms with Crippen LogP contribution in [0.4, 0.5) is 11.4 Å². The summed E-state index contributed by atoms with van der Waals surface area (Å²) in [5.41, 5.74) is 5.88. The first kappa shape index (κ1) is 21.6. The lowest BCUT2D eigenvalue weighted by molar-refractivity contribution is 0.102. The summed E-state index contributed by atoms with van der Waals surface area (Å²) in [6, 6.07) is 25.8. The van der Waals surface area contributed by atoms with E-state index in [-0.39, 0.29) is 5.91 Å². The molecule has 0 unspecified atom stereocenters. The zero-order valence-electron chi connectivity index (χ0n) is 19.6. The first-order chi connectivity index (χ1) is 16.6. The number of rotatable bonds is 6. The molecule has 170 valence electrons. The van der Waals surface area contributed by atoms with Crippen molar-refractivity contribution in [1.82, 2.24) is 15.0 Å². The Hall–Kier alpha value is -4.19. The third-order valence-electron chi connectivity index (χ3n) is 6.20. The van der Waals surface area contributed by atoms with Gasteiger partial charge in [0.2, 0.25) is 0 Å². The normalized spacial score (nSPS) is 11.1. The molecule has 0 atom stereocenters. The van der Waals surface area contributed by atoms with Crippen LogP contribution in [0.5, 0.6) is 0 Å². The van der Waals surface area contributed by atoms with Crippen LogP contribution in [0.25, 0.3) is 27.5 Å². The molecule has 0 aliphatic rings. The number of anilines is 2. The number of hydrogen-bond donors (Lipinski definition) is 1. The molecule has 0 spiro atoms. The minimum atomic E-state index is -0.146. The molecule has 1 amide bonds. The fraction of sp³-hybridized carbons (Fsp3) is 0.179. The van der Waals surface area contributed by atoms with Gasteiger partial charge in [0.15, 0.2) is 0 Å². The van der Waals surface area contributed by atoms with Gasteiger partial charge >= 0.3 is 0 Å². The van der Waals surface area contributed by atoms with Crippen LogP contribution in [-0.4, -0.2) is 34.0 Å². The van der Waals surface area contributed by atoms with E-state index in [1.54, 1.807) is 4.80 Å². The van der Waals surface area contributed by atoms with Gasteiger partial charge in [-0.05, 0) is 85.6 Å². The summed E-state index contributed by atoms with van der Waals surface area (Å²) in [5.74, 6) is -0.146. The number of hydrogen-bond acceptors (Lipinski definition) is 4. The van der Waals surface area contributed by atoms with Crippen molar-refractivity contribution in [3.8, 4) is 5.69 Å². The average molecular weight is 450 g/mol. The molecule has 0 saturated carbocycles. The summed E-state index contributed by atoms with van der Waals surface area (Å²) in [6.07, 6.45) is 0. The number of carbonyl (C=O) groups excluding carboxylic acids is 1. The van der Waals surface area contributed by atoms with Crippen molar-refractivity contribution >= 4 is 39.1 Å². The average Bonchev–Trinajstić information content (AvgIpc) is 3.27. The van der Waals surface area contributed by atoms with Crippen LogP contribution in [0.1, 0.15) is 29.8 Å². The van der Waals surface area contributed by atoms with E-state index in [0.717, 1.165) is 51.8 Å². The van der Waals surface area contributed by atoms with E-state index in [2.05, 4.69) is 46.4 Å². The first-order valence-corrected chi connectivity index (χ1v) is 11.6. The molecule has 0 radical (unpaired) electrons. The highest BCUT2D eigenvalue weighted by molar-refractivity contribution is 6.07. The highest BCUT2D eigenvalue weighted by Gasteiger charge is 2.13. The van der Waals surface area contributed by atoms with E-state index >= 15 is 0 Å². The number of fused-ring (bicyclic) bond motifs is 2. The molecule has 6 heteroatoms. The zero-order chi connectivity index (χ0) is 23.7. The quantitative estimate of drug-likeness (QED) is 0.346. The second kappa shape index (κ2) is 8.98. The van der Waals surface area contributed by atoms with E-state index in [1.165, 1.54) is 5.69 Å². The van der Waals surface area contributed by atoms with Gasteiger partial charge in [0.25, 0.3) is 5.91 Å². The second-order valence-corrected chi connectivity index (χ2v) is 8.35. The maximum atomic E-state index is 13.0. The smallest absolute Gasteiger partial charge is 0.255 e. The molecule has 34 heavy (non-hydrogen) atoms. The van der Waals surface area contributed by atoms with Crippen LogP contribution in [0.15, 0.2) is 78.9 Å². The summed E-state index contributed by atoms with van der Waals surface area (Å²) in [5, 5.41) is 14.5. The van der Waals surface area contributed by atoms with Crippen molar-refractivity contribution in [1.29, 1.82) is 0 Å². The topological polar surface area (TPSA) is 63.1 Å². The molecular formula is C28H27N5O. The molecular weight excluding hydrogens is 422 g/mol. The van der Waals surface area contributed by atoms with Gasteiger partial charge in [0.1, 0.15) is 11.0 Å². The highest BCUT2D eigenvalue weighted by atomic mass is 16.1. The van der Waals surface area contributed by atoms with Crippen molar-refractivity contribution in [3.05, 3.63) is 90.0 Å². The number of amides is 1. The molecule has 1 N–H and O–H groups in total. The summed E-state index contributed by atoms with van der Waals surface area (Å²) < 4.78 is 0. The molecule has 4 aromatic carbocycles. The van der Waals surface area contributed by atoms with Gasteiger partial charge in [-0.25, -0.2) is 0 Å². The first-order valence-electron chi connectivity index (χ1n) is 11.6. The van der Waals surface area contributed by atoms with E-state index < -0.39 is 0 Å². The number of benzene rings is 4. The van der Waals surface area contributed by atoms with Gasteiger partial charge in [-0.2, -0.15) is 4.80 Å². The largest absolute Gasteiger partial charge is 0.372 e. The Bertz CT molecular complexity index is 1480. The van der Waals surface area contributed by atoms with Gasteiger partial charge in [-0.1, -0.05) is 30.3 Å². The molecule has 5 rings (SSSR count). The number of aromatic nitrogens is 3. The van der Waals surface area contributed by atoms with Gasteiger partial charge in [0, 0.05) is 30.0 Å². The predicted octanol–water partition coefficient (Wildman–Crippen LogP) is 5.98. The molecule has 0 aliphatic carbocycles. The Morgan fingerprint density at radius 1 is 0.853 bits per heavy atom.